The Hall–Kier alpha value is -1.75. The number of anilines is 1. The number of aryl methyl sites for hydroxylation is 1. The Kier molecular flexibility index (Phi) is 5.29. The van der Waals surface area contributed by atoms with Crippen LogP contribution in [0.2, 0.25) is 0 Å². The average Bonchev–Trinajstić information content (AvgIpc) is 2.61. The van der Waals surface area contributed by atoms with E-state index in [4.69, 9.17) is 9.72 Å². The second-order valence-corrected chi connectivity index (χ2v) is 7.04. The summed E-state index contributed by atoms with van der Waals surface area (Å²) in [5, 5.41) is 1.20. The van der Waals surface area contributed by atoms with Crippen LogP contribution in [-0.4, -0.2) is 36.9 Å². The SMILES string of the molecule is CCOC(=O)[C@@H]1CCCN(c2cc(C)c3cccc(SC)c3n2)C1. The Balaban J connectivity index is 1.92. The molecule has 1 saturated heterocycles. The van der Waals surface area contributed by atoms with Crippen molar-refractivity contribution in [3.63, 3.8) is 0 Å². The van der Waals surface area contributed by atoms with E-state index in [0.717, 1.165) is 30.7 Å². The molecule has 0 unspecified atom stereocenters. The number of carbonyl (C=O) groups is 1. The number of fused-ring (bicyclic) bond motifs is 1. The quantitative estimate of drug-likeness (QED) is 0.618. The molecule has 1 atom stereocenters. The van der Waals surface area contributed by atoms with Crippen LogP contribution in [0.1, 0.15) is 25.3 Å². The van der Waals surface area contributed by atoms with Gasteiger partial charge < -0.3 is 9.64 Å². The number of piperidine rings is 1. The predicted molar refractivity (Wildman–Crippen MR) is 99.8 cm³/mol. The maximum absolute atomic E-state index is 12.1. The Morgan fingerprint density at radius 3 is 3.04 bits per heavy atom. The molecule has 0 N–H and O–H groups in total. The van der Waals surface area contributed by atoms with Crippen LogP contribution >= 0.6 is 11.8 Å². The molecule has 0 amide bonds. The van der Waals surface area contributed by atoms with Crippen molar-refractivity contribution in [3.8, 4) is 0 Å². The third-order valence-corrected chi connectivity index (χ3v) is 5.35. The lowest BCUT2D eigenvalue weighted by molar-refractivity contribution is -0.148. The van der Waals surface area contributed by atoms with Gasteiger partial charge in [0.1, 0.15) is 5.82 Å². The van der Waals surface area contributed by atoms with E-state index < -0.39 is 0 Å². The van der Waals surface area contributed by atoms with Crippen LogP contribution < -0.4 is 4.90 Å². The highest BCUT2D eigenvalue weighted by Crippen LogP contribution is 2.31. The minimum atomic E-state index is -0.0792. The fraction of sp³-hybridized carbons (Fsp3) is 0.474. The third kappa shape index (κ3) is 3.36. The minimum absolute atomic E-state index is 0.0488. The van der Waals surface area contributed by atoms with Crippen LogP contribution in [-0.2, 0) is 9.53 Å². The average molecular weight is 344 g/mol. The fourth-order valence-corrected chi connectivity index (χ4v) is 3.90. The second kappa shape index (κ2) is 7.43. The topological polar surface area (TPSA) is 42.4 Å². The number of ether oxygens (including phenoxy) is 1. The first-order valence-electron chi connectivity index (χ1n) is 8.50. The lowest BCUT2D eigenvalue weighted by Gasteiger charge is -2.32. The molecule has 128 valence electrons. The maximum atomic E-state index is 12.1. The molecule has 1 aliphatic heterocycles. The zero-order valence-corrected chi connectivity index (χ0v) is 15.4. The smallest absolute Gasteiger partial charge is 0.310 e. The van der Waals surface area contributed by atoms with Gasteiger partial charge in [-0.15, -0.1) is 11.8 Å². The van der Waals surface area contributed by atoms with Gasteiger partial charge in [0.05, 0.1) is 18.0 Å². The molecule has 1 aromatic carbocycles. The van der Waals surface area contributed by atoms with Gasteiger partial charge in [-0.25, -0.2) is 4.98 Å². The number of para-hydroxylation sites is 1. The Labute approximate surface area is 147 Å². The molecule has 0 radical (unpaired) electrons. The van der Waals surface area contributed by atoms with Crippen LogP contribution in [0.3, 0.4) is 0 Å². The third-order valence-electron chi connectivity index (χ3n) is 4.58. The predicted octanol–water partition coefficient (Wildman–Crippen LogP) is 4.04. The van der Waals surface area contributed by atoms with Gasteiger partial charge in [-0.2, -0.15) is 0 Å². The van der Waals surface area contributed by atoms with E-state index in [-0.39, 0.29) is 11.9 Å². The summed E-state index contributed by atoms with van der Waals surface area (Å²) in [4.78, 5) is 20.4. The van der Waals surface area contributed by atoms with Gasteiger partial charge in [-0.3, -0.25) is 4.79 Å². The van der Waals surface area contributed by atoms with Crippen molar-refractivity contribution in [1.29, 1.82) is 0 Å². The molecule has 0 spiro atoms. The van der Waals surface area contributed by atoms with E-state index in [9.17, 15) is 4.79 Å². The van der Waals surface area contributed by atoms with Crippen LogP contribution in [0.4, 0.5) is 5.82 Å². The Bertz CT molecular complexity index is 747. The summed E-state index contributed by atoms with van der Waals surface area (Å²) in [7, 11) is 0. The van der Waals surface area contributed by atoms with Crippen LogP contribution in [0.15, 0.2) is 29.2 Å². The van der Waals surface area contributed by atoms with E-state index in [2.05, 4.69) is 42.3 Å². The van der Waals surface area contributed by atoms with Crippen molar-refractivity contribution in [1.82, 2.24) is 4.98 Å². The summed E-state index contributed by atoms with van der Waals surface area (Å²) in [5.41, 5.74) is 2.28. The number of thioether (sulfide) groups is 1. The van der Waals surface area contributed by atoms with Crippen molar-refractivity contribution in [2.24, 2.45) is 5.92 Å². The first-order chi connectivity index (χ1) is 11.6. The number of pyridine rings is 1. The fourth-order valence-electron chi connectivity index (χ4n) is 3.34. The number of esters is 1. The van der Waals surface area contributed by atoms with Gasteiger partial charge in [0.15, 0.2) is 0 Å². The van der Waals surface area contributed by atoms with Gasteiger partial charge in [0, 0.05) is 23.4 Å². The lowest BCUT2D eigenvalue weighted by atomic mass is 9.98. The molecule has 0 aliphatic carbocycles. The highest BCUT2D eigenvalue weighted by Gasteiger charge is 2.27. The summed E-state index contributed by atoms with van der Waals surface area (Å²) in [6, 6.07) is 8.46. The largest absolute Gasteiger partial charge is 0.466 e. The normalized spacial score (nSPS) is 18.0. The van der Waals surface area contributed by atoms with Crippen molar-refractivity contribution in [2.45, 2.75) is 31.6 Å². The van der Waals surface area contributed by atoms with E-state index in [1.54, 1.807) is 11.8 Å². The van der Waals surface area contributed by atoms with E-state index in [1.807, 2.05) is 6.92 Å². The van der Waals surface area contributed by atoms with Gasteiger partial charge >= 0.3 is 5.97 Å². The van der Waals surface area contributed by atoms with Gasteiger partial charge in [-0.1, -0.05) is 12.1 Å². The summed E-state index contributed by atoms with van der Waals surface area (Å²) in [6.45, 7) is 6.06. The summed E-state index contributed by atoms with van der Waals surface area (Å²) in [6.07, 6.45) is 3.97. The number of aromatic nitrogens is 1. The van der Waals surface area contributed by atoms with Crippen molar-refractivity contribution >= 4 is 34.5 Å². The Morgan fingerprint density at radius 1 is 1.46 bits per heavy atom. The first-order valence-corrected chi connectivity index (χ1v) is 9.72. The molecule has 2 heterocycles. The van der Waals surface area contributed by atoms with Gasteiger partial charge in [0.25, 0.3) is 0 Å². The molecule has 4 nitrogen and oxygen atoms in total. The second-order valence-electron chi connectivity index (χ2n) is 6.19. The molecule has 0 bridgehead atoms. The van der Waals surface area contributed by atoms with Crippen molar-refractivity contribution in [2.75, 3.05) is 30.9 Å². The molecule has 0 saturated carbocycles. The first kappa shape index (κ1) is 17.1. The number of hydrogen-bond donors (Lipinski definition) is 0. The zero-order valence-electron chi connectivity index (χ0n) is 14.5. The van der Waals surface area contributed by atoms with Crippen LogP contribution in [0.25, 0.3) is 10.9 Å². The standard InChI is InChI=1S/C19H24N2O2S/c1-4-23-19(22)14-7-6-10-21(12-14)17-11-13(2)15-8-5-9-16(24-3)18(15)20-17/h5,8-9,11,14H,4,6-7,10,12H2,1-3H3/t14-/m1/s1. The minimum Gasteiger partial charge on any atom is -0.466 e. The van der Waals surface area contributed by atoms with Crippen LogP contribution in [0, 0.1) is 12.8 Å². The molecule has 24 heavy (non-hydrogen) atoms. The van der Waals surface area contributed by atoms with Crippen molar-refractivity contribution < 1.29 is 9.53 Å². The van der Waals surface area contributed by atoms with Gasteiger partial charge in [0.2, 0.25) is 0 Å². The molecule has 1 aromatic heterocycles. The van der Waals surface area contributed by atoms with Crippen molar-refractivity contribution in [3.05, 3.63) is 29.8 Å². The number of rotatable bonds is 4. The molecule has 5 heteroatoms. The number of carbonyl (C=O) groups excluding carboxylic acids is 1. The highest BCUT2D eigenvalue weighted by molar-refractivity contribution is 7.98. The summed E-state index contributed by atoms with van der Waals surface area (Å²) >= 11 is 1.72. The number of benzene rings is 1. The monoisotopic (exact) mass is 344 g/mol. The maximum Gasteiger partial charge on any atom is 0.310 e. The van der Waals surface area contributed by atoms with Crippen LogP contribution in [0.5, 0.6) is 0 Å². The summed E-state index contributed by atoms with van der Waals surface area (Å²) < 4.78 is 5.21. The molecule has 1 aliphatic rings. The zero-order chi connectivity index (χ0) is 17.1. The molecule has 1 fully saturated rings. The van der Waals surface area contributed by atoms with E-state index >= 15 is 0 Å². The summed E-state index contributed by atoms with van der Waals surface area (Å²) in [5.74, 6) is 0.840. The highest BCUT2D eigenvalue weighted by atomic mass is 32.2. The Morgan fingerprint density at radius 2 is 2.29 bits per heavy atom. The molecule has 2 aromatic rings. The molecular formula is C19H24N2O2S. The molecular weight excluding hydrogens is 320 g/mol. The van der Waals surface area contributed by atoms with E-state index in [1.165, 1.54) is 15.8 Å². The van der Waals surface area contributed by atoms with E-state index in [0.29, 0.717) is 13.2 Å². The number of nitrogens with zero attached hydrogens (tertiary/aromatic N) is 2. The molecule has 3 rings (SSSR count). The van der Waals surface area contributed by atoms with Gasteiger partial charge in [-0.05, 0) is 50.6 Å². The number of hydrogen-bond acceptors (Lipinski definition) is 5. The lowest BCUT2D eigenvalue weighted by Crippen LogP contribution is -2.39.